The number of rotatable bonds is 7. The first-order valence-electron chi connectivity index (χ1n) is 8.61. The van der Waals surface area contributed by atoms with Crippen molar-refractivity contribution in [2.24, 2.45) is 0 Å². The third kappa shape index (κ3) is 4.08. The number of unbranched alkanes of at least 4 members (excludes halogenated alkanes) is 2. The summed E-state index contributed by atoms with van der Waals surface area (Å²) in [7, 11) is 0. The largest absolute Gasteiger partial charge is 0.351 e. The van der Waals surface area contributed by atoms with Crippen LogP contribution in [0.15, 0.2) is 48.8 Å². The second-order valence-corrected chi connectivity index (χ2v) is 6.32. The molecule has 0 radical (unpaired) electrons. The first-order valence-corrected chi connectivity index (χ1v) is 8.98. The molecule has 0 aliphatic heterocycles. The number of aromatic nitrogens is 4. The van der Waals surface area contributed by atoms with Gasteiger partial charge in [0, 0.05) is 29.5 Å². The molecule has 0 bridgehead atoms. The Balaban J connectivity index is 1.97. The minimum atomic E-state index is -0.236. The molecule has 0 saturated carbocycles. The summed E-state index contributed by atoms with van der Waals surface area (Å²) in [5.41, 5.74) is 2.43. The minimum absolute atomic E-state index is 0.236. The molecule has 0 spiro atoms. The van der Waals surface area contributed by atoms with Crippen molar-refractivity contribution in [2.45, 2.75) is 26.2 Å². The van der Waals surface area contributed by atoms with Gasteiger partial charge >= 0.3 is 0 Å². The van der Waals surface area contributed by atoms with Crippen LogP contribution in [0.1, 0.15) is 36.7 Å². The summed E-state index contributed by atoms with van der Waals surface area (Å²) in [6.45, 7) is 2.74. The van der Waals surface area contributed by atoms with Crippen LogP contribution in [-0.4, -0.2) is 32.4 Å². The zero-order valence-corrected chi connectivity index (χ0v) is 15.3. The van der Waals surface area contributed by atoms with Crippen LogP contribution in [0.25, 0.3) is 16.9 Å². The second-order valence-electron chi connectivity index (χ2n) is 5.88. The van der Waals surface area contributed by atoms with E-state index in [0.717, 1.165) is 30.5 Å². The highest BCUT2D eigenvalue weighted by Gasteiger charge is 2.22. The van der Waals surface area contributed by atoms with Gasteiger partial charge < -0.3 is 5.32 Å². The van der Waals surface area contributed by atoms with Crippen LogP contribution in [0.2, 0.25) is 5.02 Å². The van der Waals surface area contributed by atoms with Crippen molar-refractivity contribution >= 4 is 17.5 Å². The number of pyridine rings is 1. The van der Waals surface area contributed by atoms with E-state index in [4.69, 9.17) is 11.6 Å². The Morgan fingerprint density at radius 3 is 2.69 bits per heavy atom. The van der Waals surface area contributed by atoms with Crippen molar-refractivity contribution in [2.75, 3.05) is 6.54 Å². The van der Waals surface area contributed by atoms with Gasteiger partial charge in [-0.2, -0.15) is 0 Å². The molecule has 0 aliphatic rings. The lowest BCUT2D eigenvalue weighted by Gasteiger charge is -2.08. The van der Waals surface area contributed by atoms with Crippen molar-refractivity contribution in [3.05, 3.63) is 59.5 Å². The highest BCUT2D eigenvalue weighted by molar-refractivity contribution is 6.30. The number of carbonyl (C=O) groups excluding carboxylic acids is 1. The SMILES string of the molecule is CCCCCNC(=O)c1nnn(-c2ccc(Cl)cc2)c1-c1cccnc1. The van der Waals surface area contributed by atoms with Gasteiger partial charge in [0.05, 0.1) is 5.69 Å². The van der Waals surface area contributed by atoms with Gasteiger partial charge in [-0.25, -0.2) is 4.68 Å². The summed E-state index contributed by atoms with van der Waals surface area (Å²) >= 11 is 5.98. The summed E-state index contributed by atoms with van der Waals surface area (Å²) in [5, 5.41) is 11.9. The Hall–Kier alpha value is -2.73. The summed E-state index contributed by atoms with van der Waals surface area (Å²) < 4.78 is 1.63. The van der Waals surface area contributed by atoms with Gasteiger partial charge in [-0.05, 0) is 42.8 Å². The third-order valence-corrected chi connectivity index (χ3v) is 4.21. The van der Waals surface area contributed by atoms with E-state index in [0.29, 0.717) is 17.3 Å². The fraction of sp³-hybridized carbons (Fsp3) is 0.263. The number of nitrogens with one attached hydrogen (secondary N) is 1. The fourth-order valence-electron chi connectivity index (χ4n) is 2.62. The fourth-order valence-corrected chi connectivity index (χ4v) is 2.75. The molecule has 0 atom stereocenters. The number of carbonyl (C=O) groups is 1. The molecule has 0 unspecified atom stereocenters. The summed E-state index contributed by atoms with van der Waals surface area (Å²) in [5.74, 6) is -0.236. The van der Waals surface area contributed by atoms with Crippen molar-refractivity contribution in [3.8, 4) is 16.9 Å². The predicted molar refractivity (Wildman–Crippen MR) is 101 cm³/mol. The molecule has 2 heterocycles. The van der Waals surface area contributed by atoms with E-state index < -0.39 is 0 Å². The number of hydrogen-bond donors (Lipinski definition) is 1. The van der Waals surface area contributed by atoms with Crippen molar-refractivity contribution in [1.82, 2.24) is 25.3 Å². The number of benzene rings is 1. The molecule has 0 fully saturated rings. The normalized spacial score (nSPS) is 10.7. The van der Waals surface area contributed by atoms with E-state index in [-0.39, 0.29) is 11.6 Å². The maximum atomic E-state index is 12.6. The first-order chi connectivity index (χ1) is 12.7. The molecule has 26 heavy (non-hydrogen) atoms. The van der Waals surface area contributed by atoms with Gasteiger partial charge in [-0.3, -0.25) is 9.78 Å². The van der Waals surface area contributed by atoms with Gasteiger partial charge in [-0.1, -0.05) is 36.6 Å². The maximum Gasteiger partial charge on any atom is 0.274 e. The Bertz CT molecular complexity index is 861. The number of nitrogens with zero attached hydrogens (tertiary/aromatic N) is 4. The topological polar surface area (TPSA) is 72.7 Å². The van der Waals surface area contributed by atoms with Gasteiger partial charge in [-0.15, -0.1) is 5.10 Å². The highest BCUT2D eigenvalue weighted by atomic mass is 35.5. The van der Waals surface area contributed by atoms with E-state index in [9.17, 15) is 4.79 Å². The lowest BCUT2D eigenvalue weighted by molar-refractivity contribution is 0.0948. The van der Waals surface area contributed by atoms with E-state index in [2.05, 4.69) is 27.5 Å². The molecule has 7 heteroatoms. The molecule has 3 aromatic rings. The summed E-state index contributed by atoms with van der Waals surface area (Å²) in [6.07, 6.45) is 6.50. The van der Waals surface area contributed by atoms with Crippen LogP contribution in [0.5, 0.6) is 0 Å². The molecule has 2 aromatic heterocycles. The van der Waals surface area contributed by atoms with Crippen LogP contribution in [0.4, 0.5) is 0 Å². The van der Waals surface area contributed by atoms with E-state index in [1.807, 2.05) is 24.3 Å². The van der Waals surface area contributed by atoms with Gasteiger partial charge in [0.25, 0.3) is 5.91 Å². The number of halogens is 1. The third-order valence-electron chi connectivity index (χ3n) is 3.96. The lowest BCUT2D eigenvalue weighted by atomic mass is 10.1. The zero-order valence-electron chi connectivity index (χ0n) is 14.5. The Kier molecular flexibility index (Phi) is 5.96. The predicted octanol–water partition coefficient (Wildman–Crippen LogP) is 3.90. The second kappa shape index (κ2) is 8.58. The van der Waals surface area contributed by atoms with Crippen LogP contribution in [-0.2, 0) is 0 Å². The molecule has 0 saturated heterocycles. The quantitative estimate of drug-likeness (QED) is 0.641. The van der Waals surface area contributed by atoms with Crippen molar-refractivity contribution in [3.63, 3.8) is 0 Å². The average Bonchev–Trinajstić information content (AvgIpc) is 3.11. The van der Waals surface area contributed by atoms with Gasteiger partial charge in [0.1, 0.15) is 5.69 Å². The number of amides is 1. The van der Waals surface area contributed by atoms with Crippen LogP contribution < -0.4 is 5.32 Å². The molecule has 3 rings (SSSR count). The van der Waals surface area contributed by atoms with Crippen LogP contribution >= 0.6 is 11.6 Å². The Morgan fingerprint density at radius 2 is 2.00 bits per heavy atom. The van der Waals surface area contributed by atoms with E-state index in [1.165, 1.54) is 0 Å². The van der Waals surface area contributed by atoms with Crippen molar-refractivity contribution < 1.29 is 4.79 Å². The Labute approximate surface area is 157 Å². The Morgan fingerprint density at radius 1 is 1.19 bits per heavy atom. The average molecular weight is 370 g/mol. The minimum Gasteiger partial charge on any atom is -0.351 e. The standard InChI is InChI=1S/C19H20ClN5O/c1-2-3-4-12-22-19(26)17-18(14-6-5-11-21-13-14)25(24-23-17)16-9-7-15(20)8-10-16/h5-11,13H,2-4,12H2,1H3,(H,22,26). The summed E-state index contributed by atoms with van der Waals surface area (Å²) in [6, 6.07) is 10.9. The van der Waals surface area contributed by atoms with E-state index >= 15 is 0 Å². The lowest BCUT2D eigenvalue weighted by Crippen LogP contribution is -2.25. The molecule has 1 aromatic carbocycles. The molecular formula is C19H20ClN5O. The number of hydrogen-bond acceptors (Lipinski definition) is 4. The molecule has 1 N–H and O–H groups in total. The maximum absolute atomic E-state index is 12.6. The smallest absolute Gasteiger partial charge is 0.274 e. The monoisotopic (exact) mass is 369 g/mol. The van der Waals surface area contributed by atoms with Gasteiger partial charge in [0.15, 0.2) is 5.69 Å². The molecule has 1 amide bonds. The first kappa shape index (κ1) is 18.1. The molecule has 6 nitrogen and oxygen atoms in total. The van der Waals surface area contributed by atoms with Gasteiger partial charge in [0.2, 0.25) is 0 Å². The van der Waals surface area contributed by atoms with Crippen LogP contribution in [0.3, 0.4) is 0 Å². The van der Waals surface area contributed by atoms with Crippen LogP contribution in [0, 0.1) is 0 Å². The van der Waals surface area contributed by atoms with E-state index in [1.54, 1.807) is 29.2 Å². The highest BCUT2D eigenvalue weighted by Crippen LogP contribution is 2.25. The zero-order chi connectivity index (χ0) is 18.4. The van der Waals surface area contributed by atoms with Crippen molar-refractivity contribution in [1.29, 1.82) is 0 Å². The molecule has 0 aliphatic carbocycles. The summed E-state index contributed by atoms with van der Waals surface area (Å²) in [4.78, 5) is 16.8. The molecule has 134 valence electrons. The molecular weight excluding hydrogens is 350 g/mol.